The quantitative estimate of drug-likeness (QED) is 0.535. The summed E-state index contributed by atoms with van der Waals surface area (Å²) < 4.78 is 10.2. The van der Waals surface area contributed by atoms with Gasteiger partial charge in [-0.1, -0.05) is 0 Å². The van der Waals surface area contributed by atoms with E-state index in [2.05, 4.69) is 5.32 Å². The van der Waals surface area contributed by atoms with Gasteiger partial charge in [0.25, 0.3) is 0 Å². The van der Waals surface area contributed by atoms with Crippen LogP contribution in [-0.4, -0.2) is 50.7 Å². The molecule has 14 heavy (non-hydrogen) atoms. The van der Waals surface area contributed by atoms with E-state index in [1.807, 2.05) is 13.8 Å². The highest BCUT2D eigenvalue weighted by Gasteiger charge is 2.04. The van der Waals surface area contributed by atoms with Crippen LogP contribution in [0.2, 0.25) is 0 Å². The number of ether oxygens (including phenoxy) is 2. The molecule has 4 nitrogen and oxygen atoms in total. The Balaban J connectivity index is 3.14. The lowest BCUT2D eigenvalue weighted by Gasteiger charge is -2.14. The molecule has 0 aliphatic heterocycles. The number of aliphatic hydroxyl groups excluding tert-OH is 1. The fourth-order valence-corrected chi connectivity index (χ4v) is 0.973. The highest BCUT2D eigenvalue weighted by Crippen LogP contribution is 1.90. The molecule has 1 atom stereocenters. The van der Waals surface area contributed by atoms with E-state index in [0.717, 1.165) is 19.6 Å². The molecule has 86 valence electrons. The fourth-order valence-electron chi connectivity index (χ4n) is 0.973. The fraction of sp³-hybridized carbons (Fsp3) is 1.00. The summed E-state index contributed by atoms with van der Waals surface area (Å²) in [5.41, 5.74) is 0. The van der Waals surface area contributed by atoms with Crippen molar-refractivity contribution in [2.75, 3.05) is 33.4 Å². The zero-order valence-electron chi connectivity index (χ0n) is 9.45. The van der Waals surface area contributed by atoms with Gasteiger partial charge in [-0.05, 0) is 26.8 Å². The van der Waals surface area contributed by atoms with E-state index in [0.29, 0.717) is 13.2 Å². The summed E-state index contributed by atoms with van der Waals surface area (Å²) in [6, 6.07) is 0. The zero-order valence-corrected chi connectivity index (χ0v) is 9.45. The number of rotatable bonds is 9. The van der Waals surface area contributed by atoms with Gasteiger partial charge >= 0.3 is 0 Å². The van der Waals surface area contributed by atoms with Crippen molar-refractivity contribution in [3.05, 3.63) is 0 Å². The highest BCUT2D eigenvalue weighted by molar-refractivity contribution is 4.58. The summed E-state index contributed by atoms with van der Waals surface area (Å²) in [6.07, 6.45) is 0.729. The summed E-state index contributed by atoms with van der Waals surface area (Å²) in [6.45, 7) is 6.51. The van der Waals surface area contributed by atoms with E-state index >= 15 is 0 Å². The second-order valence-corrected chi connectivity index (χ2v) is 3.59. The van der Waals surface area contributed by atoms with Crippen LogP contribution >= 0.6 is 0 Å². The highest BCUT2D eigenvalue weighted by atomic mass is 16.5. The maximum absolute atomic E-state index is 9.44. The smallest absolute Gasteiger partial charge is 0.0897 e. The Hall–Kier alpha value is -0.160. The van der Waals surface area contributed by atoms with Crippen LogP contribution in [0.3, 0.4) is 0 Å². The van der Waals surface area contributed by atoms with Crippen LogP contribution in [0.4, 0.5) is 0 Å². The van der Waals surface area contributed by atoms with Crippen molar-refractivity contribution >= 4 is 0 Å². The van der Waals surface area contributed by atoms with Crippen molar-refractivity contribution in [2.24, 2.45) is 0 Å². The number of hydrogen-bond donors (Lipinski definition) is 2. The third-order valence-corrected chi connectivity index (χ3v) is 1.70. The Kier molecular flexibility index (Phi) is 9.29. The molecular formula is C10H23NO3. The van der Waals surface area contributed by atoms with Crippen molar-refractivity contribution in [3.63, 3.8) is 0 Å². The molecule has 0 radical (unpaired) electrons. The van der Waals surface area contributed by atoms with Gasteiger partial charge in [-0.25, -0.2) is 0 Å². The molecule has 0 rings (SSSR count). The molecule has 0 bridgehead atoms. The van der Waals surface area contributed by atoms with E-state index in [1.54, 1.807) is 7.11 Å². The van der Waals surface area contributed by atoms with Crippen LogP contribution in [-0.2, 0) is 9.47 Å². The van der Waals surface area contributed by atoms with E-state index in [1.165, 1.54) is 0 Å². The first-order valence-electron chi connectivity index (χ1n) is 5.16. The molecule has 0 aliphatic carbocycles. The van der Waals surface area contributed by atoms with E-state index < -0.39 is 6.10 Å². The molecule has 0 amide bonds. The Morgan fingerprint density at radius 2 is 2.07 bits per heavy atom. The predicted molar refractivity (Wildman–Crippen MR) is 56.5 cm³/mol. The third kappa shape index (κ3) is 9.92. The van der Waals surface area contributed by atoms with Crippen LogP contribution in [0.1, 0.15) is 20.3 Å². The largest absolute Gasteiger partial charge is 0.389 e. The average molecular weight is 205 g/mol. The zero-order chi connectivity index (χ0) is 10.8. The molecule has 0 saturated carbocycles. The van der Waals surface area contributed by atoms with Gasteiger partial charge in [-0.15, -0.1) is 0 Å². The summed E-state index contributed by atoms with van der Waals surface area (Å²) in [7, 11) is 1.69. The lowest BCUT2D eigenvalue weighted by Crippen LogP contribution is -2.32. The Bertz CT molecular complexity index is 120. The molecule has 0 heterocycles. The van der Waals surface area contributed by atoms with Crippen LogP contribution < -0.4 is 5.32 Å². The summed E-state index contributed by atoms with van der Waals surface area (Å²) in [5.74, 6) is 0. The maximum atomic E-state index is 9.44. The van der Waals surface area contributed by atoms with Gasteiger partial charge in [0.15, 0.2) is 0 Å². The van der Waals surface area contributed by atoms with Gasteiger partial charge in [0.1, 0.15) is 0 Å². The summed E-state index contributed by atoms with van der Waals surface area (Å²) >= 11 is 0. The van der Waals surface area contributed by atoms with E-state index in [-0.39, 0.29) is 6.10 Å². The molecule has 1 unspecified atom stereocenters. The Morgan fingerprint density at radius 3 is 2.64 bits per heavy atom. The minimum absolute atomic E-state index is 0.179. The number of hydrogen-bond acceptors (Lipinski definition) is 4. The number of aliphatic hydroxyl groups is 1. The molecule has 0 aromatic heterocycles. The molecular weight excluding hydrogens is 182 g/mol. The van der Waals surface area contributed by atoms with E-state index in [4.69, 9.17) is 9.47 Å². The van der Waals surface area contributed by atoms with Crippen molar-refractivity contribution in [2.45, 2.75) is 32.5 Å². The van der Waals surface area contributed by atoms with E-state index in [9.17, 15) is 5.11 Å². The topological polar surface area (TPSA) is 50.7 Å². The molecule has 0 aliphatic rings. The van der Waals surface area contributed by atoms with Crippen molar-refractivity contribution < 1.29 is 14.6 Å². The van der Waals surface area contributed by atoms with Crippen LogP contribution in [0.25, 0.3) is 0 Å². The van der Waals surface area contributed by atoms with Crippen LogP contribution in [0.5, 0.6) is 0 Å². The van der Waals surface area contributed by atoms with Crippen LogP contribution in [0, 0.1) is 0 Å². The first-order chi connectivity index (χ1) is 6.66. The number of nitrogens with one attached hydrogen (secondary N) is 1. The average Bonchev–Trinajstić information content (AvgIpc) is 2.14. The standard InChI is InChI=1S/C10H23NO3/c1-9(2)14-8-10(12)7-11-5-4-6-13-3/h9-12H,4-8H2,1-3H3. The second kappa shape index (κ2) is 9.40. The maximum Gasteiger partial charge on any atom is 0.0897 e. The minimum Gasteiger partial charge on any atom is -0.389 e. The predicted octanol–water partition coefficient (Wildman–Crippen LogP) is 0.398. The monoisotopic (exact) mass is 205 g/mol. The van der Waals surface area contributed by atoms with Crippen LogP contribution in [0.15, 0.2) is 0 Å². The summed E-state index contributed by atoms with van der Waals surface area (Å²) in [4.78, 5) is 0. The molecule has 0 spiro atoms. The second-order valence-electron chi connectivity index (χ2n) is 3.59. The minimum atomic E-state index is -0.417. The van der Waals surface area contributed by atoms with Crippen molar-refractivity contribution in [1.82, 2.24) is 5.32 Å². The number of methoxy groups -OCH3 is 1. The normalized spacial score (nSPS) is 13.5. The molecule has 4 heteroatoms. The SMILES string of the molecule is COCCCNCC(O)COC(C)C. The molecule has 0 aromatic carbocycles. The summed E-state index contributed by atoms with van der Waals surface area (Å²) in [5, 5.41) is 12.6. The van der Waals surface area contributed by atoms with Gasteiger partial charge in [-0.3, -0.25) is 0 Å². The van der Waals surface area contributed by atoms with Gasteiger partial charge in [0.05, 0.1) is 18.8 Å². The third-order valence-electron chi connectivity index (χ3n) is 1.70. The first kappa shape index (κ1) is 13.8. The Morgan fingerprint density at radius 1 is 1.36 bits per heavy atom. The lowest BCUT2D eigenvalue weighted by atomic mass is 10.3. The van der Waals surface area contributed by atoms with Crippen molar-refractivity contribution in [3.8, 4) is 0 Å². The molecule has 0 saturated heterocycles. The Labute approximate surface area is 86.6 Å². The van der Waals surface area contributed by atoms with Gasteiger partial charge in [-0.2, -0.15) is 0 Å². The molecule has 0 fully saturated rings. The first-order valence-corrected chi connectivity index (χ1v) is 5.16. The van der Waals surface area contributed by atoms with Gasteiger partial charge in [0, 0.05) is 20.3 Å². The molecule has 0 aromatic rings. The van der Waals surface area contributed by atoms with Crippen molar-refractivity contribution in [1.29, 1.82) is 0 Å². The van der Waals surface area contributed by atoms with Gasteiger partial charge in [0.2, 0.25) is 0 Å². The lowest BCUT2D eigenvalue weighted by molar-refractivity contribution is 0.00634. The molecule has 2 N–H and O–H groups in total. The van der Waals surface area contributed by atoms with Gasteiger partial charge < -0.3 is 19.9 Å².